The van der Waals surface area contributed by atoms with E-state index in [-0.39, 0.29) is 18.0 Å². The van der Waals surface area contributed by atoms with Crippen LogP contribution in [0.1, 0.15) is 27.9 Å². The van der Waals surface area contributed by atoms with E-state index in [0.717, 1.165) is 16.7 Å². The molecule has 11 nitrogen and oxygen atoms in total. The molecule has 226 valence electrons. The number of benzene rings is 4. The van der Waals surface area contributed by atoms with Gasteiger partial charge in [0.2, 0.25) is 12.3 Å². The molecule has 2 N–H and O–H groups in total. The number of hydrogen-bond donors (Lipinski definition) is 2. The maximum Gasteiger partial charge on any atom is 0.360 e. The molecule has 0 aliphatic carbocycles. The number of anilines is 1. The monoisotopic (exact) mass is 622 g/mol. The first-order valence-electron chi connectivity index (χ1n) is 13.6. The fourth-order valence-electron chi connectivity index (χ4n) is 4.65. The second kappa shape index (κ2) is 14.1. The summed E-state index contributed by atoms with van der Waals surface area (Å²) in [5.41, 5.74) is 1.96. The summed E-state index contributed by atoms with van der Waals surface area (Å²) in [5, 5.41) is 29.8. The zero-order valence-corrected chi connectivity index (χ0v) is 24.4. The van der Waals surface area contributed by atoms with Gasteiger partial charge in [0, 0.05) is 17.5 Å². The molecule has 0 aliphatic rings. The highest BCUT2D eigenvalue weighted by Crippen LogP contribution is 2.40. The van der Waals surface area contributed by atoms with E-state index in [1.54, 1.807) is 0 Å². The number of rotatable bonds is 13. The van der Waals surface area contributed by atoms with Crippen LogP contribution in [-0.2, 0) is 31.3 Å². The van der Waals surface area contributed by atoms with Crippen LogP contribution < -0.4 is 5.32 Å². The van der Waals surface area contributed by atoms with E-state index in [1.807, 2.05) is 91.0 Å². The van der Waals surface area contributed by atoms with Crippen LogP contribution in [0.15, 0.2) is 126 Å². The summed E-state index contributed by atoms with van der Waals surface area (Å²) in [4.78, 5) is 44.0. The first-order valence-corrected chi connectivity index (χ1v) is 14.5. The second-order valence-electron chi connectivity index (χ2n) is 9.61. The van der Waals surface area contributed by atoms with Crippen molar-refractivity contribution in [2.45, 2.75) is 12.1 Å². The highest BCUT2D eigenvalue weighted by molar-refractivity contribution is 7.14. The topological polar surface area (TPSA) is 153 Å². The molecule has 0 spiro atoms. The van der Waals surface area contributed by atoms with Crippen molar-refractivity contribution in [2.24, 2.45) is 5.16 Å². The zero-order chi connectivity index (χ0) is 31.6. The van der Waals surface area contributed by atoms with Crippen LogP contribution in [0.5, 0.6) is 0 Å². The van der Waals surface area contributed by atoms with Gasteiger partial charge >= 0.3 is 11.9 Å². The average Bonchev–Trinajstić information content (AvgIpc) is 3.53. The number of nitro benzene ring substituents is 1. The Hall–Kier alpha value is -5.88. The van der Waals surface area contributed by atoms with Gasteiger partial charge in [-0.15, -0.1) is 11.3 Å². The van der Waals surface area contributed by atoms with Crippen molar-refractivity contribution in [2.75, 3.05) is 11.9 Å². The van der Waals surface area contributed by atoms with Crippen LogP contribution in [0.4, 0.5) is 10.8 Å². The lowest BCUT2D eigenvalue weighted by Crippen LogP contribution is -2.38. The molecule has 12 heteroatoms. The summed E-state index contributed by atoms with van der Waals surface area (Å²) in [6.07, 6.45) is 0. The molecule has 45 heavy (non-hydrogen) atoms. The SMILES string of the molecule is O=C(CO/N=C(\C(=O)O)c1csc(NC(c2ccccc2)(c2ccccc2)c2ccccc2)n1)OCc1ccc([N+](=O)[O-])cc1. The van der Waals surface area contributed by atoms with Crippen molar-refractivity contribution >= 4 is 39.8 Å². The number of carboxylic acids is 1. The van der Waals surface area contributed by atoms with E-state index >= 15 is 0 Å². The van der Waals surface area contributed by atoms with Crippen molar-refractivity contribution in [3.8, 4) is 0 Å². The number of non-ortho nitro benzene ring substituents is 1. The molecule has 0 atom stereocenters. The third-order valence-electron chi connectivity index (χ3n) is 6.75. The number of hydrogen-bond acceptors (Lipinski definition) is 10. The van der Waals surface area contributed by atoms with E-state index in [2.05, 4.69) is 15.5 Å². The van der Waals surface area contributed by atoms with Crippen molar-refractivity contribution in [3.63, 3.8) is 0 Å². The number of ether oxygens (including phenoxy) is 1. The van der Waals surface area contributed by atoms with E-state index < -0.39 is 34.7 Å². The van der Waals surface area contributed by atoms with Crippen molar-refractivity contribution in [3.05, 3.63) is 159 Å². The number of nitrogens with zero attached hydrogens (tertiary/aromatic N) is 3. The van der Waals surface area contributed by atoms with Gasteiger partial charge in [0.15, 0.2) is 5.13 Å². The molecule has 0 amide bonds. The van der Waals surface area contributed by atoms with Crippen LogP contribution in [0.3, 0.4) is 0 Å². The lowest BCUT2D eigenvalue weighted by Gasteiger charge is -2.36. The molecule has 0 aliphatic heterocycles. The lowest BCUT2D eigenvalue weighted by atomic mass is 9.77. The predicted molar refractivity (Wildman–Crippen MR) is 168 cm³/mol. The van der Waals surface area contributed by atoms with E-state index in [0.29, 0.717) is 10.7 Å². The lowest BCUT2D eigenvalue weighted by molar-refractivity contribution is -0.384. The highest BCUT2D eigenvalue weighted by atomic mass is 32.1. The van der Waals surface area contributed by atoms with Crippen LogP contribution in [0, 0.1) is 10.1 Å². The van der Waals surface area contributed by atoms with E-state index in [4.69, 9.17) is 9.57 Å². The number of nitro groups is 1. The Labute approximate surface area is 261 Å². The number of aromatic nitrogens is 1. The molecule has 0 bridgehead atoms. The summed E-state index contributed by atoms with van der Waals surface area (Å²) in [5.74, 6) is -2.20. The molecular weight excluding hydrogens is 596 g/mol. The van der Waals surface area contributed by atoms with E-state index in [9.17, 15) is 24.8 Å². The molecule has 0 saturated carbocycles. The molecule has 5 aromatic rings. The number of carboxylic acid groups (broad SMARTS) is 1. The molecular formula is C33H26N4O7S. The quantitative estimate of drug-likeness (QED) is 0.0529. The largest absolute Gasteiger partial charge is 0.476 e. The van der Waals surface area contributed by atoms with Gasteiger partial charge in [0.25, 0.3) is 5.69 Å². The number of nitrogens with one attached hydrogen (secondary N) is 1. The van der Waals surface area contributed by atoms with Gasteiger partial charge in [0.05, 0.1) is 4.92 Å². The summed E-state index contributed by atoms with van der Waals surface area (Å²) < 4.78 is 5.09. The average molecular weight is 623 g/mol. The van der Waals surface area contributed by atoms with Crippen LogP contribution in [0.2, 0.25) is 0 Å². The molecule has 0 saturated heterocycles. The Morgan fingerprint density at radius 3 is 1.89 bits per heavy atom. The van der Waals surface area contributed by atoms with Gasteiger partial charge < -0.3 is 20.0 Å². The van der Waals surface area contributed by atoms with Gasteiger partial charge in [-0.2, -0.15) is 0 Å². The zero-order valence-electron chi connectivity index (χ0n) is 23.6. The smallest absolute Gasteiger partial charge is 0.360 e. The van der Waals surface area contributed by atoms with Crippen molar-refractivity contribution in [1.29, 1.82) is 0 Å². The number of carbonyl (C=O) groups excluding carboxylic acids is 1. The fourth-order valence-corrected chi connectivity index (χ4v) is 5.40. The minimum Gasteiger partial charge on any atom is -0.476 e. The summed E-state index contributed by atoms with van der Waals surface area (Å²) in [6, 6.07) is 35.1. The van der Waals surface area contributed by atoms with Gasteiger partial charge in [-0.1, -0.05) is 96.2 Å². The number of thiazole rings is 1. The van der Waals surface area contributed by atoms with Crippen molar-refractivity contribution < 1.29 is 29.2 Å². The highest BCUT2D eigenvalue weighted by Gasteiger charge is 2.37. The van der Waals surface area contributed by atoms with Gasteiger partial charge in [-0.05, 0) is 34.4 Å². The molecule has 0 unspecified atom stereocenters. The van der Waals surface area contributed by atoms with Crippen LogP contribution >= 0.6 is 11.3 Å². The maximum atomic E-state index is 12.1. The molecule has 0 radical (unpaired) electrons. The van der Waals surface area contributed by atoms with E-state index in [1.165, 1.54) is 41.0 Å². The minimum atomic E-state index is -1.40. The standard InChI is InChI=1S/C33H26N4O7S/c38-29(43-20-23-16-18-27(19-17-23)37(41)42)21-44-36-30(31(39)40)28-22-45-32(34-28)35-33(24-10-4-1-5-11-24,25-12-6-2-7-13-25)26-14-8-3-9-15-26/h1-19,22H,20-21H2,(H,34,35)(H,39,40)/b36-30-. The maximum absolute atomic E-state index is 12.1. The first kappa shape index (κ1) is 30.6. The third-order valence-corrected chi connectivity index (χ3v) is 7.51. The predicted octanol–water partition coefficient (Wildman–Crippen LogP) is 6.00. The first-order chi connectivity index (χ1) is 21.9. The molecule has 4 aromatic carbocycles. The van der Waals surface area contributed by atoms with Gasteiger partial charge in [-0.3, -0.25) is 10.1 Å². The van der Waals surface area contributed by atoms with Crippen LogP contribution in [-0.4, -0.2) is 39.3 Å². The molecule has 1 heterocycles. The van der Waals surface area contributed by atoms with Gasteiger partial charge in [0.1, 0.15) is 17.8 Å². The summed E-state index contributed by atoms with van der Waals surface area (Å²) >= 11 is 1.20. The summed E-state index contributed by atoms with van der Waals surface area (Å²) in [7, 11) is 0. The van der Waals surface area contributed by atoms with Crippen molar-refractivity contribution in [1.82, 2.24) is 4.98 Å². The number of aliphatic carboxylic acids is 1. The molecule has 5 rings (SSSR count). The molecule has 1 aromatic heterocycles. The third kappa shape index (κ3) is 7.20. The minimum absolute atomic E-state index is 0.0392. The Bertz CT molecular complexity index is 1700. The Kier molecular flexibility index (Phi) is 9.55. The number of oxime groups is 1. The molecule has 0 fully saturated rings. The number of esters is 1. The normalized spacial score (nSPS) is 11.4. The second-order valence-corrected chi connectivity index (χ2v) is 10.5. The van der Waals surface area contributed by atoms with Gasteiger partial charge in [-0.25, -0.2) is 14.6 Å². The number of carbonyl (C=O) groups is 2. The summed E-state index contributed by atoms with van der Waals surface area (Å²) in [6.45, 7) is -0.805. The Morgan fingerprint density at radius 1 is 0.867 bits per heavy atom. The Balaban J connectivity index is 1.35. The fraction of sp³-hybridized carbons (Fsp3) is 0.0909. The van der Waals surface area contributed by atoms with Crippen LogP contribution in [0.25, 0.3) is 0 Å². The Morgan fingerprint density at radius 2 is 1.40 bits per heavy atom.